The van der Waals surface area contributed by atoms with Crippen molar-refractivity contribution in [1.29, 1.82) is 0 Å². The SMILES string of the molecule is O=C(NCC(O)C(F)(F)F)C1CCCN(C(=O)C2CC2)C1. The van der Waals surface area contributed by atoms with E-state index < -0.39 is 30.7 Å². The second kappa shape index (κ2) is 6.21. The Morgan fingerprint density at radius 3 is 2.48 bits per heavy atom. The summed E-state index contributed by atoms with van der Waals surface area (Å²) in [6, 6.07) is 0. The molecule has 120 valence electrons. The summed E-state index contributed by atoms with van der Waals surface area (Å²) in [5, 5.41) is 11.0. The Morgan fingerprint density at radius 1 is 1.24 bits per heavy atom. The third-order valence-corrected chi connectivity index (χ3v) is 3.88. The third kappa shape index (κ3) is 4.33. The highest BCUT2D eigenvalue weighted by atomic mass is 19.4. The Kier molecular flexibility index (Phi) is 4.75. The molecule has 2 atom stereocenters. The van der Waals surface area contributed by atoms with E-state index >= 15 is 0 Å². The van der Waals surface area contributed by atoms with Gasteiger partial charge in [0, 0.05) is 19.0 Å². The highest BCUT2D eigenvalue weighted by molar-refractivity contribution is 5.83. The van der Waals surface area contributed by atoms with Crippen LogP contribution in [0.1, 0.15) is 25.7 Å². The lowest BCUT2D eigenvalue weighted by molar-refractivity contribution is -0.202. The molecule has 21 heavy (non-hydrogen) atoms. The summed E-state index contributed by atoms with van der Waals surface area (Å²) in [5.74, 6) is -0.921. The molecule has 0 radical (unpaired) electrons. The Labute approximate surface area is 120 Å². The summed E-state index contributed by atoms with van der Waals surface area (Å²) in [6.07, 6.45) is -4.34. The molecule has 2 amide bonds. The lowest BCUT2D eigenvalue weighted by atomic mass is 9.96. The van der Waals surface area contributed by atoms with Crippen molar-refractivity contribution in [3.8, 4) is 0 Å². The van der Waals surface area contributed by atoms with E-state index in [4.69, 9.17) is 5.11 Å². The van der Waals surface area contributed by atoms with Gasteiger partial charge in [0.15, 0.2) is 6.10 Å². The number of nitrogens with zero attached hydrogens (tertiary/aromatic N) is 1. The number of hydrogen-bond acceptors (Lipinski definition) is 3. The van der Waals surface area contributed by atoms with E-state index in [2.05, 4.69) is 5.32 Å². The predicted molar refractivity (Wildman–Crippen MR) is 67.1 cm³/mol. The molecule has 2 N–H and O–H groups in total. The number of alkyl halides is 3. The molecule has 2 rings (SSSR count). The topological polar surface area (TPSA) is 69.6 Å². The number of hydrogen-bond donors (Lipinski definition) is 2. The van der Waals surface area contributed by atoms with Crippen molar-refractivity contribution in [2.24, 2.45) is 11.8 Å². The van der Waals surface area contributed by atoms with Crippen molar-refractivity contribution in [3.05, 3.63) is 0 Å². The van der Waals surface area contributed by atoms with Gasteiger partial charge in [-0.05, 0) is 25.7 Å². The van der Waals surface area contributed by atoms with Crippen LogP contribution in [0.25, 0.3) is 0 Å². The van der Waals surface area contributed by atoms with Crippen molar-refractivity contribution >= 4 is 11.8 Å². The molecule has 1 aliphatic carbocycles. The van der Waals surface area contributed by atoms with Crippen LogP contribution in [-0.2, 0) is 9.59 Å². The number of likely N-dealkylation sites (tertiary alicyclic amines) is 1. The van der Waals surface area contributed by atoms with Crippen molar-refractivity contribution in [1.82, 2.24) is 10.2 Å². The van der Waals surface area contributed by atoms with Crippen LogP contribution in [0.4, 0.5) is 13.2 Å². The van der Waals surface area contributed by atoms with Gasteiger partial charge in [-0.2, -0.15) is 13.2 Å². The number of piperidine rings is 1. The number of nitrogens with one attached hydrogen (secondary N) is 1. The standard InChI is InChI=1S/C13H19F3N2O3/c14-13(15,16)10(19)6-17-11(20)9-2-1-5-18(7-9)12(21)8-3-4-8/h8-10,19H,1-7H2,(H,17,20). The fraction of sp³-hybridized carbons (Fsp3) is 0.846. The second-order valence-electron chi connectivity index (χ2n) is 5.70. The average Bonchev–Trinajstić information content (AvgIpc) is 3.27. The highest BCUT2D eigenvalue weighted by Gasteiger charge is 2.39. The zero-order chi connectivity index (χ0) is 15.6. The van der Waals surface area contributed by atoms with E-state index in [9.17, 15) is 22.8 Å². The van der Waals surface area contributed by atoms with E-state index in [1.807, 2.05) is 0 Å². The van der Waals surface area contributed by atoms with Gasteiger partial charge >= 0.3 is 6.18 Å². The molecular formula is C13H19F3N2O3. The van der Waals surface area contributed by atoms with Crippen LogP contribution in [0.5, 0.6) is 0 Å². The first-order chi connectivity index (χ1) is 9.79. The van der Waals surface area contributed by atoms with Gasteiger partial charge in [0.05, 0.1) is 12.5 Å². The maximum atomic E-state index is 12.2. The summed E-state index contributed by atoms with van der Waals surface area (Å²) < 4.78 is 36.5. The molecule has 1 heterocycles. The van der Waals surface area contributed by atoms with Crippen LogP contribution in [0.2, 0.25) is 0 Å². The molecule has 0 aromatic carbocycles. The Morgan fingerprint density at radius 2 is 1.90 bits per heavy atom. The number of amides is 2. The van der Waals surface area contributed by atoms with Crippen molar-refractivity contribution < 1.29 is 27.9 Å². The fourth-order valence-corrected chi connectivity index (χ4v) is 2.44. The normalized spacial score (nSPS) is 24.6. The van der Waals surface area contributed by atoms with E-state index in [1.54, 1.807) is 4.90 Å². The zero-order valence-electron chi connectivity index (χ0n) is 11.5. The number of carbonyl (C=O) groups is 2. The number of aliphatic hydroxyl groups is 1. The summed E-state index contributed by atoms with van der Waals surface area (Å²) in [5.41, 5.74) is 0. The van der Waals surface area contributed by atoms with Crippen molar-refractivity contribution in [2.45, 2.75) is 38.0 Å². The monoisotopic (exact) mass is 308 g/mol. The minimum absolute atomic E-state index is 0.0443. The smallest absolute Gasteiger partial charge is 0.382 e. The summed E-state index contributed by atoms with van der Waals surface area (Å²) in [7, 11) is 0. The molecule has 5 nitrogen and oxygen atoms in total. The third-order valence-electron chi connectivity index (χ3n) is 3.88. The zero-order valence-corrected chi connectivity index (χ0v) is 11.5. The first kappa shape index (κ1) is 16.1. The van der Waals surface area contributed by atoms with Gasteiger partial charge in [0.25, 0.3) is 0 Å². The number of aliphatic hydroxyl groups excluding tert-OH is 1. The number of rotatable bonds is 4. The molecule has 0 spiro atoms. The maximum Gasteiger partial charge on any atom is 0.416 e. The van der Waals surface area contributed by atoms with Gasteiger partial charge in [-0.3, -0.25) is 9.59 Å². The molecule has 2 fully saturated rings. The molecule has 2 aliphatic rings. The van der Waals surface area contributed by atoms with Gasteiger partial charge in [-0.15, -0.1) is 0 Å². The van der Waals surface area contributed by atoms with Gasteiger partial charge in [0.2, 0.25) is 11.8 Å². The maximum absolute atomic E-state index is 12.2. The number of halogens is 3. The fourth-order valence-electron chi connectivity index (χ4n) is 2.44. The molecule has 0 aromatic heterocycles. The molecule has 1 saturated carbocycles. The largest absolute Gasteiger partial charge is 0.416 e. The van der Waals surface area contributed by atoms with Crippen LogP contribution in [0, 0.1) is 11.8 Å². The number of carbonyl (C=O) groups excluding carboxylic acids is 2. The average molecular weight is 308 g/mol. The first-order valence-corrected chi connectivity index (χ1v) is 7.10. The molecule has 0 bridgehead atoms. The lowest BCUT2D eigenvalue weighted by Gasteiger charge is -2.32. The molecule has 1 saturated heterocycles. The van der Waals surface area contributed by atoms with Gasteiger partial charge < -0.3 is 15.3 Å². The second-order valence-corrected chi connectivity index (χ2v) is 5.70. The first-order valence-electron chi connectivity index (χ1n) is 7.10. The summed E-state index contributed by atoms with van der Waals surface area (Å²) in [6.45, 7) is 0.00295. The van der Waals surface area contributed by atoms with Crippen LogP contribution < -0.4 is 5.32 Å². The van der Waals surface area contributed by atoms with Crippen LogP contribution in [0.3, 0.4) is 0 Å². The Bertz CT molecular complexity index is 410. The minimum Gasteiger partial charge on any atom is -0.382 e. The van der Waals surface area contributed by atoms with Gasteiger partial charge in [-0.25, -0.2) is 0 Å². The van der Waals surface area contributed by atoms with Crippen molar-refractivity contribution in [3.63, 3.8) is 0 Å². The summed E-state index contributed by atoms with van der Waals surface area (Å²) in [4.78, 5) is 25.4. The quantitative estimate of drug-likeness (QED) is 0.802. The van der Waals surface area contributed by atoms with E-state index in [0.717, 1.165) is 12.8 Å². The highest BCUT2D eigenvalue weighted by Crippen LogP contribution is 2.32. The lowest BCUT2D eigenvalue weighted by Crippen LogP contribution is -2.48. The van der Waals surface area contributed by atoms with Crippen LogP contribution >= 0.6 is 0 Å². The molecule has 0 aromatic rings. The van der Waals surface area contributed by atoms with E-state index in [0.29, 0.717) is 19.4 Å². The Hall–Kier alpha value is -1.31. The minimum atomic E-state index is -4.74. The van der Waals surface area contributed by atoms with E-state index in [-0.39, 0.29) is 18.4 Å². The molecular weight excluding hydrogens is 289 g/mol. The van der Waals surface area contributed by atoms with E-state index in [1.165, 1.54) is 0 Å². The van der Waals surface area contributed by atoms with Crippen LogP contribution in [0.15, 0.2) is 0 Å². The Balaban J connectivity index is 1.80. The van der Waals surface area contributed by atoms with Crippen LogP contribution in [-0.4, -0.2) is 53.7 Å². The van der Waals surface area contributed by atoms with Gasteiger partial charge in [-0.1, -0.05) is 0 Å². The molecule has 1 aliphatic heterocycles. The van der Waals surface area contributed by atoms with Gasteiger partial charge in [0.1, 0.15) is 0 Å². The summed E-state index contributed by atoms with van der Waals surface area (Å²) >= 11 is 0. The molecule has 2 unspecified atom stereocenters. The predicted octanol–water partition coefficient (Wildman–Crippen LogP) is 0.674. The molecule has 8 heteroatoms. The van der Waals surface area contributed by atoms with Crippen molar-refractivity contribution in [2.75, 3.05) is 19.6 Å².